The van der Waals surface area contributed by atoms with Crippen LogP contribution in [0.1, 0.15) is 207 Å². The second-order valence-electron chi connectivity index (χ2n) is 16.3. The number of hydrogen-bond acceptors (Lipinski definition) is 6. The highest BCUT2D eigenvalue weighted by atomic mass is 16.6. The van der Waals surface area contributed by atoms with Crippen LogP contribution in [0.2, 0.25) is 0 Å². The molecule has 360 valence electrons. The summed E-state index contributed by atoms with van der Waals surface area (Å²) in [5, 5.41) is 0. The van der Waals surface area contributed by atoms with E-state index in [-0.39, 0.29) is 44.0 Å². The van der Waals surface area contributed by atoms with Crippen molar-refractivity contribution in [2.24, 2.45) is 0 Å². The maximum atomic E-state index is 12.8. The van der Waals surface area contributed by atoms with Crippen molar-refractivity contribution in [1.29, 1.82) is 0 Å². The van der Waals surface area contributed by atoms with Gasteiger partial charge < -0.3 is 14.2 Å². The minimum absolute atomic E-state index is 0.123. The number of carbonyl (C=O) groups is 3. The van der Waals surface area contributed by atoms with Gasteiger partial charge in [0.15, 0.2) is 6.10 Å². The Kier molecular flexibility index (Phi) is 48.1. The fourth-order valence-electron chi connectivity index (χ4n) is 6.32. The summed E-state index contributed by atoms with van der Waals surface area (Å²) in [6.45, 7) is 6.34. The maximum Gasteiger partial charge on any atom is 0.306 e. The third-order valence-corrected chi connectivity index (χ3v) is 10.2. The van der Waals surface area contributed by atoms with Crippen molar-refractivity contribution < 1.29 is 28.6 Å². The van der Waals surface area contributed by atoms with Gasteiger partial charge in [-0.15, -0.1) is 0 Å². The second-order valence-corrected chi connectivity index (χ2v) is 16.3. The molecule has 0 aromatic heterocycles. The van der Waals surface area contributed by atoms with Gasteiger partial charge >= 0.3 is 17.9 Å². The molecule has 0 aromatic carbocycles. The van der Waals surface area contributed by atoms with Crippen LogP contribution in [0.15, 0.2) is 122 Å². The summed E-state index contributed by atoms with van der Waals surface area (Å²) < 4.78 is 16.7. The third kappa shape index (κ3) is 48.8. The SMILES string of the molecule is CC/C=C\C/C=C\C/C=C\C/C=C\CCCCC(=O)O[C@@H](COC(=O)CCC/C=C\C/C=C\C/C=C\C/C=C\CCCCC)COC(=O)CCCCCCC/C=C\C/C=C\CCCC. The lowest BCUT2D eigenvalue weighted by atomic mass is 10.1. The van der Waals surface area contributed by atoms with Gasteiger partial charge in [0.1, 0.15) is 13.2 Å². The Morgan fingerprint density at radius 2 is 0.641 bits per heavy atom. The van der Waals surface area contributed by atoms with Crippen LogP contribution in [0.3, 0.4) is 0 Å². The normalized spacial score (nSPS) is 13.1. The Hall–Kier alpha value is -4.19. The molecule has 0 bridgehead atoms. The van der Waals surface area contributed by atoms with E-state index in [2.05, 4.69) is 142 Å². The Morgan fingerprint density at radius 1 is 0.328 bits per heavy atom. The Balaban J connectivity index is 4.59. The molecular weight excluding hydrogens is 793 g/mol. The molecule has 0 aliphatic rings. The van der Waals surface area contributed by atoms with Crippen LogP contribution in [-0.4, -0.2) is 37.2 Å². The second kappa shape index (κ2) is 51.4. The monoisotopic (exact) mass is 885 g/mol. The Bertz CT molecular complexity index is 1390. The van der Waals surface area contributed by atoms with Crippen LogP contribution in [0, 0.1) is 0 Å². The largest absolute Gasteiger partial charge is 0.462 e. The molecule has 0 unspecified atom stereocenters. The summed E-state index contributed by atoms with van der Waals surface area (Å²) in [7, 11) is 0. The van der Waals surface area contributed by atoms with Crippen molar-refractivity contribution in [3.05, 3.63) is 122 Å². The molecule has 0 radical (unpaired) electrons. The topological polar surface area (TPSA) is 78.9 Å². The van der Waals surface area contributed by atoms with Crippen molar-refractivity contribution in [2.45, 2.75) is 213 Å². The number of hydrogen-bond donors (Lipinski definition) is 0. The van der Waals surface area contributed by atoms with Gasteiger partial charge in [-0.25, -0.2) is 0 Å². The average molecular weight is 885 g/mol. The van der Waals surface area contributed by atoms with Gasteiger partial charge in [-0.2, -0.15) is 0 Å². The molecule has 0 N–H and O–H groups in total. The van der Waals surface area contributed by atoms with Gasteiger partial charge in [0.2, 0.25) is 0 Å². The Morgan fingerprint density at radius 3 is 1.09 bits per heavy atom. The van der Waals surface area contributed by atoms with E-state index in [0.717, 1.165) is 109 Å². The first-order chi connectivity index (χ1) is 31.5. The van der Waals surface area contributed by atoms with Crippen molar-refractivity contribution in [2.75, 3.05) is 13.2 Å². The number of carbonyl (C=O) groups excluding carboxylic acids is 3. The molecule has 0 aromatic rings. The zero-order valence-electron chi connectivity index (χ0n) is 41.0. The van der Waals surface area contributed by atoms with Crippen molar-refractivity contribution in [3.63, 3.8) is 0 Å². The third-order valence-electron chi connectivity index (χ3n) is 10.2. The van der Waals surface area contributed by atoms with E-state index in [0.29, 0.717) is 19.3 Å². The molecule has 0 amide bonds. The lowest BCUT2D eigenvalue weighted by molar-refractivity contribution is -0.167. The smallest absolute Gasteiger partial charge is 0.306 e. The van der Waals surface area contributed by atoms with Crippen LogP contribution in [0.25, 0.3) is 0 Å². The number of allylic oxidation sites excluding steroid dienone is 20. The van der Waals surface area contributed by atoms with E-state index in [1.165, 1.54) is 44.9 Å². The first-order valence-electron chi connectivity index (χ1n) is 25.5. The standard InChI is InChI=1S/C58H92O6/c1-4-7-10-13-16-19-22-25-28-29-31-33-36-39-42-45-48-51-57(60)63-54-55(53-62-56(59)50-47-44-41-38-35-32-27-24-21-18-15-12-9-6-3)64-58(61)52-49-46-43-40-37-34-30-26-23-20-17-14-11-8-5-2/h8,11,15-20,24-28,30-31,33,37,39-40,42,55H,4-7,9-10,12-14,21-23,29,32,34-36,38,41,43-54H2,1-3H3/b11-8-,18-15-,19-16-,20-17-,27-24-,28-25-,30-26-,33-31-,40-37-,42-39-/t55-/m1/s1. The van der Waals surface area contributed by atoms with Gasteiger partial charge in [-0.1, -0.05) is 187 Å². The molecule has 6 heteroatoms. The van der Waals surface area contributed by atoms with E-state index in [1.807, 2.05) is 0 Å². The molecule has 0 saturated heterocycles. The Labute approximate surface area is 392 Å². The minimum Gasteiger partial charge on any atom is -0.462 e. The maximum absolute atomic E-state index is 12.8. The van der Waals surface area contributed by atoms with Gasteiger partial charge in [-0.05, 0) is 122 Å². The fourth-order valence-corrected chi connectivity index (χ4v) is 6.32. The molecule has 64 heavy (non-hydrogen) atoms. The summed E-state index contributed by atoms with van der Waals surface area (Å²) in [6.07, 6.45) is 70.4. The average Bonchev–Trinajstić information content (AvgIpc) is 3.29. The number of unbranched alkanes of at least 4 members (excludes halogenated alkanes) is 13. The van der Waals surface area contributed by atoms with E-state index in [9.17, 15) is 14.4 Å². The molecule has 0 spiro atoms. The molecule has 0 aliphatic carbocycles. The molecule has 6 nitrogen and oxygen atoms in total. The zero-order valence-corrected chi connectivity index (χ0v) is 41.0. The van der Waals surface area contributed by atoms with E-state index in [1.54, 1.807) is 0 Å². The lowest BCUT2D eigenvalue weighted by Gasteiger charge is -2.18. The van der Waals surface area contributed by atoms with E-state index in [4.69, 9.17) is 14.2 Å². The van der Waals surface area contributed by atoms with Gasteiger partial charge in [0.05, 0.1) is 0 Å². The first-order valence-corrected chi connectivity index (χ1v) is 25.5. The quantitative estimate of drug-likeness (QED) is 0.0262. The molecule has 0 saturated carbocycles. The van der Waals surface area contributed by atoms with Crippen LogP contribution < -0.4 is 0 Å². The number of rotatable bonds is 44. The number of esters is 3. The first kappa shape index (κ1) is 59.8. The van der Waals surface area contributed by atoms with Crippen molar-refractivity contribution >= 4 is 17.9 Å². The van der Waals surface area contributed by atoms with E-state index >= 15 is 0 Å². The highest BCUT2D eigenvalue weighted by Gasteiger charge is 2.19. The fraction of sp³-hybridized carbons (Fsp3) is 0.603. The van der Waals surface area contributed by atoms with Gasteiger partial charge in [0.25, 0.3) is 0 Å². The summed E-state index contributed by atoms with van der Waals surface area (Å²) >= 11 is 0. The molecule has 0 heterocycles. The minimum atomic E-state index is -0.830. The lowest BCUT2D eigenvalue weighted by Crippen LogP contribution is -2.30. The van der Waals surface area contributed by atoms with Crippen LogP contribution in [-0.2, 0) is 28.6 Å². The predicted octanol–water partition coefficient (Wildman–Crippen LogP) is 16.9. The number of ether oxygens (including phenoxy) is 3. The van der Waals surface area contributed by atoms with Crippen LogP contribution in [0.4, 0.5) is 0 Å². The molecule has 1 atom stereocenters. The summed E-state index contributed by atoms with van der Waals surface area (Å²) in [6, 6.07) is 0. The van der Waals surface area contributed by atoms with Crippen molar-refractivity contribution in [1.82, 2.24) is 0 Å². The summed E-state index contributed by atoms with van der Waals surface area (Å²) in [4.78, 5) is 37.9. The van der Waals surface area contributed by atoms with Crippen molar-refractivity contribution in [3.8, 4) is 0 Å². The van der Waals surface area contributed by atoms with E-state index < -0.39 is 6.10 Å². The molecule has 0 rings (SSSR count). The highest BCUT2D eigenvalue weighted by molar-refractivity contribution is 5.71. The molecular formula is C58H92O6. The van der Waals surface area contributed by atoms with Gasteiger partial charge in [0, 0.05) is 19.3 Å². The summed E-state index contributed by atoms with van der Waals surface area (Å²) in [5.41, 5.74) is 0. The van der Waals surface area contributed by atoms with Gasteiger partial charge in [-0.3, -0.25) is 14.4 Å². The zero-order chi connectivity index (χ0) is 46.5. The molecule has 0 fully saturated rings. The molecule has 0 aliphatic heterocycles. The predicted molar refractivity (Wildman–Crippen MR) is 274 cm³/mol. The van der Waals surface area contributed by atoms with Crippen LogP contribution in [0.5, 0.6) is 0 Å². The summed E-state index contributed by atoms with van der Waals surface area (Å²) in [5.74, 6) is -1.05. The highest BCUT2D eigenvalue weighted by Crippen LogP contribution is 2.11. The van der Waals surface area contributed by atoms with Crippen LogP contribution >= 0.6 is 0 Å².